The molecule has 0 radical (unpaired) electrons. The second-order valence-corrected chi connectivity index (χ2v) is 24.8. The van der Waals surface area contributed by atoms with Crippen molar-refractivity contribution in [2.24, 2.45) is 0 Å². The molecule has 0 saturated carbocycles. The van der Waals surface area contributed by atoms with Crippen LogP contribution in [0.1, 0.15) is 393 Å². The zero-order valence-corrected chi connectivity index (χ0v) is 55.7. The Bertz CT molecular complexity index is 1470. The highest BCUT2D eigenvalue weighted by atomic mass is 16.6. The van der Waals surface area contributed by atoms with Gasteiger partial charge in [-0.25, -0.2) is 0 Å². The highest BCUT2D eigenvalue weighted by Crippen LogP contribution is 2.19. The molecule has 0 aliphatic heterocycles. The number of allylic oxidation sites excluding steroid dienone is 10. The topological polar surface area (TPSA) is 78.9 Å². The Morgan fingerprint density at radius 3 is 0.747 bits per heavy atom. The average Bonchev–Trinajstić information content (AvgIpc) is 3.49. The molecule has 83 heavy (non-hydrogen) atoms. The van der Waals surface area contributed by atoms with Crippen LogP contribution in [-0.4, -0.2) is 37.2 Å². The minimum absolute atomic E-state index is 0.0712. The van der Waals surface area contributed by atoms with Gasteiger partial charge >= 0.3 is 17.9 Å². The molecule has 0 aromatic heterocycles. The third-order valence-corrected chi connectivity index (χ3v) is 16.5. The maximum absolute atomic E-state index is 13.0. The number of esters is 3. The molecule has 0 heterocycles. The lowest BCUT2D eigenvalue weighted by atomic mass is 10.0. The highest BCUT2D eigenvalue weighted by molar-refractivity contribution is 5.71. The van der Waals surface area contributed by atoms with Crippen molar-refractivity contribution in [3.63, 3.8) is 0 Å². The van der Waals surface area contributed by atoms with E-state index in [9.17, 15) is 14.4 Å². The van der Waals surface area contributed by atoms with Gasteiger partial charge in [-0.05, 0) is 83.5 Å². The second-order valence-electron chi connectivity index (χ2n) is 24.8. The van der Waals surface area contributed by atoms with Crippen molar-refractivity contribution in [2.75, 3.05) is 13.2 Å². The first-order valence-electron chi connectivity index (χ1n) is 36.8. The highest BCUT2D eigenvalue weighted by Gasteiger charge is 2.19. The standard InChI is InChI=1S/C77H140O6/c1-4-7-10-13-16-19-22-25-28-30-32-34-36-37-38-39-40-41-42-44-45-47-49-52-55-58-61-64-67-70-76(79)82-73-74(72-81-75(78)69-66-63-60-57-54-51-27-24-21-18-15-12-9-6-3)83-77(80)71-68-65-62-59-56-53-50-48-46-43-35-33-31-29-26-23-20-17-14-11-8-5-2/h7,10,16,19,24-25,27-28,32,34,74H,4-6,8-9,11-15,17-18,20-23,26,29-31,33,35-73H2,1-3H3/b10-7-,19-16-,27-24-,28-25-,34-32-. The molecule has 1 unspecified atom stereocenters. The molecule has 0 fully saturated rings. The first-order valence-corrected chi connectivity index (χ1v) is 36.8. The van der Waals surface area contributed by atoms with E-state index in [4.69, 9.17) is 14.2 Å². The van der Waals surface area contributed by atoms with E-state index in [2.05, 4.69) is 81.5 Å². The van der Waals surface area contributed by atoms with Gasteiger partial charge in [0.25, 0.3) is 0 Å². The van der Waals surface area contributed by atoms with Gasteiger partial charge in [-0.3, -0.25) is 14.4 Å². The summed E-state index contributed by atoms with van der Waals surface area (Å²) in [5.74, 6) is -0.851. The van der Waals surface area contributed by atoms with Gasteiger partial charge in [-0.1, -0.05) is 351 Å². The van der Waals surface area contributed by atoms with E-state index in [-0.39, 0.29) is 31.1 Å². The van der Waals surface area contributed by atoms with Crippen molar-refractivity contribution in [3.8, 4) is 0 Å². The van der Waals surface area contributed by atoms with Gasteiger partial charge in [0.15, 0.2) is 6.10 Å². The maximum Gasteiger partial charge on any atom is 0.306 e. The summed E-state index contributed by atoms with van der Waals surface area (Å²) in [7, 11) is 0. The first kappa shape index (κ1) is 80.1. The summed E-state index contributed by atoms with van der Waals surface area (Å²) < 4.78 is 17.0. The fraction of sp³-hybridized carbons (Fsp3) is 0.831. The van der Waals surface area contributed by atoms with E-state index in [1.54, 1.807) is 0 Å². The molecule has 0 rings (SSSR count). The van der Waals surface area contributed by atoms with Gasteiger partial charge in [-0.15, -0.1) is 0 Å². The number of hydrogen-bond donors (Lipinski definition) is 0. The van der Waals surface area contributed by atoms with Gasteiger partial charge in [-0.2, -0.15) is 0 Å². The van der Waals surface area contributed by atoms with Gasteiger partial charge < -0.3 is 14.2 Å². The molecular formula is C77H140O6. The molecule has 0 spiro atoms. The van der Waals surface area contributed by atoms with E-state index in [1.807, 2.05) is 0 Å². The van der Waals surface area contributed by atoms with E-state index < -0.39 is 6.10 Å². The van der Waals surface area contributed by atoms with Crippen molar-refractivity contribution < 1.29 is 28.6 Å². The van der Waals surface area contributed by atoms with Crippen molar-refractivity contribution in [1.29, 1.82) is 0 Å². The van der Waals surface area contributed by atoms with Crippen LogP contribution in [0.5, 0.6) is 0 Å². The van der Waals surface area contributed by atoms with E-state index in [1.165, 1.54) is 263 Å². The van der Waals surface area contributed by atoms with Crippen LogP contribution in [0.15, 0.2) is 60.8 Å². The molecule has 0 aromatic rings. The maximum atomic E-state index is 13.0. The van der Waals surface area contributed by atoms with Crippen LogP contribution in [0, 0.1) is 0 Å². The molecule has 6 nitrogen and oxygen atoms in total. The Balaban J connectivity index is 4.22. The fourth-order valence-corrected chi connectivity index (χ4v) is 11.0. The molecule has 0 saturated heterocycles. The van der Waals surface area contributed by atoms with Crippen molar-refractivity contribution >= 4 is 17.9 Å². The SMILES string of the molecule is CC/C=C\C/C=C\C/C=C\C/C=C\CCCCCCCCCCCCCCCCCCC(=O)OCC(COC(=O)CCCCCCC/C=C\CCCCCCC)OC(=O)CCCCCCCCCCCCCCCCCCCCCCCC. The van der Waals surface area contributed by atoms with E-state index >= 15 is 0 Å². The van der Waals surface area contributed by atoms with Gasteiger partial charge in [0.05, 0.1) is 0 Å². The molecule has 1 atom stereocenters. The molecule has 6 heteroatoms. The molecule has 0 aromatic carbocycles. The van der Waals surface area contributed by atoms with Crippen LogP contribution < -0.4 is 0 Å². The number of carbonyl (C=O) groups excluding carboxylic acids is 3. The third kappa shape index (κ3) is 69.8. The zero-order valence-electron chi connectivity index (χ0n) is 55.7. The quantitative estimate of drug-likeness (QED) is 0.0261. The summed E-state index contributed by atoms with van der Waals surface area (Å²) in [6.07, 6.45) is 92.6. The molecule has 0 aliphatic carbocycles. The molecule has 0 aliphatic rings. The minimum atomic E-state index is -0.776. The number of carbonyl (C=O) groups is 3. The molecule has 484 valence electrons. The fourth-order valence-electron chi connectivity index (χ4n) is 11.0. The van der Waals surface area contributed by atoms with E-state index in [0.29, 0.717) is 19.3 Å². The number of hydrogen-bond acceptors (Lipinski definition) is 6. The average molecular weight is 1160 g/mol. The minimum Gasteiger partial charge on any atom is -0.462 e. The molecule has 0 N–H and O–H groups in total. The van der Waals surface area contributed by atoms with Crippen molar-refractivity contribution in [2.45, 2.75) is 399 Å². The summed E-state index contributed by atoms with van der Waals surface area (Å²) in [5.41, 5.74) is 0. The van der Waals surface area contributed by atoms with Crippen LogP contribution in [-0.2, 0) is 28.6 Å². The van der Waals surface area contributed by atoms with Crippen LogP contribution in [0.25, 0.3) is 0 Å². The third-order valence-electron chi connectivity index (χ3n) is 16.5. The summed E-state index contributed by atoms with van der Waals surface area (Å²) in [6, 6.07) is 0. The van der Waals surface area contributed by atoms with Gasteiger partial charge in [0, 0.05) is 19.3 Å². The summed E-state index contributed by atoms with van der Waals surface area (Å²) >= 11 is 0. The normalized spacial score (nSPS) is 12.4. The molecular weight excluding hydrogens is 1020 g/mol. The number of ether oxygens (including phenoxy) is 3. The Hall–Kier alpha value is -2.89. The van der Waals surface area contributed by atoms with Gasteiger partial charge in [0.1, 0.15) is 13.2 Å². The van der Waals surface area contributed by atoms with Gasteiger partial charge in [0.2, 0.25) is 0 Å². The lowest BCUT2D eigenvalue weighted by Gasteiger charge is -2.18. The van der Waals surface area contributed by atoms with Crippen LogP contribution in [0.3, 0.4) is 0 Å². The summed E-state index contributed by atoms with van der Waals surface area (Å²) in [6.45, 7) is 6.58. The lowest BCUT2D eigenvalue weighted by molar-refractivity contribution is -0.167. The van der Waals surface area contributed by atoms with Crippen molar-refractivity contribution in [1.82, 2.24) is 0 Å². The lowest BCUT2D eigenvalue weighted by Crippen LogP contribution is -2.30. The Labute approximate surface area is 517 Å². The molecule has 0 amide bonds. The number of rotatable bonds is 68. The smallest absolute Gasteiger partial charge is 0.306 e. The predicted molar refractivity (Wildman–Crippen MR) is 362 cm³/mol. The summed E-state index contributed by atoms with van der Waals surface area (Å²) in [5, 5.41) is 0. The largest absolute Gasteiger partial charge is 0.462 e. The Morgan fingerprint density at radius 1 is 0.253 bits per heavy atom. The van der Waals surface area contributed by atoms with Crippen molar-refractivity contribution in [3.05, 3.63) is 60.8 Å². The number of unbranched alkanes of at least 4 members (excludes halogenated alkanes) is 47. The zero-order chi connectivity index (χ0) is 59.9. The first-order chi connectivity index (χ1) is 41.0. The van der Waals surface area contributed by atoms with Crippen LogP contribution >= 0.6 is 0 Å². The molecule has 0 bridgehead atoms. The van der Waals surface area contributed by atoms with Crippen LogP contribution in [0.4, 0.5) is 0 Å². The second kappa shape index (κ2) is 71.6. The summed E-state index contributed by atoms with van der Waals surface area (Å²) in [4.78, 5) is 38.5. The predicted octanol–water partition coefficient (Wildman–Crippen LogP) is 25.5. The van der Waals surface area contributed by atoms with Crippen LogP contribution in [0.2, 0.25) is 0 Å². The van der Waals surface area contributed by atoms with E-state index in [0.717, 1.165) is 89.9 Å². The monoisotopic (exact) mass is 1160 g/mol. The Morgan fingerprint density at radius 2 is 0.470 bits per heavy atom. The Kier molecular flexibility index (Phi) is 69.1.